The molecular weight excluding hydrogens is 544 g/mol. The molecule has 9 heteroatoms. The molecule has 43 heavy (non-hydrogen) atoms. The summed E-state index contributed by atoms with van der Waals surface area (Å²) in [6.45, 7) is 3.53. The number of aliphatic hydroxyl groups excluding tert-OH is 1. The van der Waals surface area contributed by atoms with Crippen LogP contribution in [0.1, 0.15) is 31.1 Å². The number of nitrogens with zero attached hydrogens (tertiary/aromatic N) is 3. The molecule has 6 rings (SSSR count). The van der Waals surface area contributed by atoms with Crippen molar-refractivity contribution in [3.63, 3.8) is 0 Å². The SMILES string of the molecule is O=C(NC[C@H](O)CN1CCN(c2ccccc2Oc2ccccc2)CC1)c1ccc2c(c1)C(=O)N(c1ccccc1)C2=O. The fraction of sp³-hybridized carbons (Fsp3) is 0.206. The summed E-state index contributed by atoms with van der Waals surface area (Å²) in [5.41, 5.74) is 2.22. The van der Waals surface area contributed by atoms with Crippen molar-refractivity contribution in [1.82, 2.24) is 10.2 Å². The van der Waals surface area contributed by atoms with Crippen LogP contribution in [0.4, 0.5) is 11.4 Å². The van der Waals surface area contributed by atoms with Gasteiger partial charge in [-0.2, -0.15) is 0 Å². The number of imide groups is 1. The number of rotatable bonds is 9. The number of hydrogen-bond acceptors (Lipinski definition) is 7. The van der Waals surface area contributed by atoms with Crippen LogP contribution in [-0.4, -0.2) is 73.1 Å². The first-order chi connectivity index (χ1) is 21.0. The summed E-state index contributed by atoms with van der Waals surface area (Å²) >= 11 is 0. The van der Waals surface area contributed by atoms with Crippen molar-refractivity contribution in [2.24, 2.45) is 0 Å². The number of benzene rings is 4. The lowest BCUT2D eigenvalue weighted by Crippen LogP contribution is -2.50. The molecule has 0 unspecified atom stereocenters. The lowest BCUT2D eigenvalue weighted by atomic mass is 10.1. The number of piperazine rings is 1. The molecule has 218 valence electrons. The van der Waals surface area contributed by atoms with Crippen molar-refractivity contribution < 1.29 is 24.2 Å². The minimum atomic E-state index is -0.768. The molecule has 0 spiro atoms. The van der Waals surface area contributed by atoms with E-state index >= 15 is 0 Å². The number of β-amino-alcohol motifs (C(OH)–C–C–N with tert-alkyl or cyclic N) is 1. The van der Waals surface area contributed by atoms with Crippen LogP contribution in [-0.2, 0) is 0 Å². The van der Waals surface area contributed by atoms with Gasteiger partial charge in [-0.15, -0.1) is 0 Å². The number of carbonyl (C=O) groups excluding carboxylic acids is 3. The van der Waals surface area contributed by atoms with Gasteiger partial charge in [-0.1, -0.05) is 48.5 Å². The number of ether oxygens (including phenoxy) is 1. The smallest absolute Gasteiger partial charge is 0.266 e. The van der Waals surface area contributed by atoms with E-state index in [0.29, 0.717) is 12.2 Å². The first-order valence-corrected chi connectivity index (χ1v) is 14.3. The quantitative estimate of drug-likeness (QED) is 0.288. The first-order valence-electron chi connectivity index (χ1n) is 14.3. The number of aliphatic hydroxyl groups is 1. The van der Waals surface area contributed by atoms with Crippen LogP contribution in [0.3, 0.4) is 0 Å². The van der Waals surface area contributed by atoms with Gasteiger partial charge in [0.25, 0.3) is 17.7 Å². The van der Waals surface area contributed by atoms with E-state index in [0.717, 1.165) is 48.3 Å². The second kappa shape index (κ2) is 12.5. The first kappa shape index (κ1) is 28.1. The minimum absolute atomic E-state index is 0.0624. The molecule has 9 nitrogen and oxygen atoms in total. The third kappa shape index (κ3) is 6.13. The molecule has 2 N–H and O–H groups in total. The molecule has 0 saturated carbocycles. The molecular formula is C34H32N4O5. The Morgan fingerprint density at radius 1 is 0.791 bits per heavy atom. The molecule has 2 aliphatic heterocycles. The Kier molecular flexibility index (Phi) is 8.17. The average Bonchev–Trinajstić information content (AvgIpc) is 3.30. The molecule has 2 aliphatic rings. The number of nitrogens with one attached hydrogen (secondary N) is 1. The van der Waals surface area contributed by atoms with Gasteiger partial charge >= 0.3 is 0 Å². The number of para-hydroxylation sites is 4. The Morgan fingerprint density at radius 2 is 1.44 bits per heavy atom. The van der Waals surface area contributed by atoms with Gasteiger partial charge in [-0.05, 0) is 54.6 Å². The minimum Gasteiger partial charge on any atom is -0.455 e. The molecule has 2 heterocycles. The number of fused-ring (bicyclic) bond motifs is 1. The molecule has 1 fully saturated rings. The molecule has 4 aromatic carbocycles. The topological polar surface area (TPSA) is 102 Å². The highest BCUT2D eigenvalue weighted by molar-refractivity contribution is 6.34. The largest absolute Gasteiger partial charge is 0.455 e. The van der Waals surface area contributed by atoms with Gasteiger partial charge in [-0.3, -0.25) is 19.3 Å². The van der Waals surface area contributed by atoms with Crippen LogP contribution >= 0.6 is 0 Å². The molecule has 0 bridgehead atoms. The summed E-state index contributed by atoms with van der Waals surface area (Å²) in [7, 11) is 0. The van der Waals surface area contributed by atoms with Crippen molar-refractivity contribution in [3.05, 3.63) is 120 Å². The van der Waals surface area contributed by atoms with Crippen LogP contribution in [0, 0.1) is 0 Å². The van der Waals surface area contributed by atoms with Crippen molar-refractivity contribution in [2.45, 2.75) is 6.10 Å². The van der Waals surface area contributed by atoms with E-state index in [9.17, 15) is 19.5 Å². The molecule has 0 radical (unpaired) electrons. The second-order valence-electron chi connectivity index (χ2n) is 10.6. The summed E-state index contributed by atoms with van der Waals surface area (Å²) in [5, 5.41) is 13.4. The van der Waals surface area contributed by atoms with E-state index in [1.807, 2.05) is 48.5 Å². The normalized spacial score (nSPS) is 15.7. The van der Waals surface area contributed by atoms with Crippen molar-refractivity contribution in [1.29, 1.82) is 0 Å². The van der Waals surface area contributed by atoms with Crippen molar-refractivity contribution in [3.8, 4) is 11.5 Å². The average molecular weight is 577 g/mol. The van der Waals surface area contributed by atoms with Gasteiger partial charge in [-0.25, -0.2) is 4.90 Å². The molecule has 0 aliphatic carbocycles. The summed E-state index contributed by atoms with van der Waals surface area (Å²) in [6.07, 6.45) is -0.768. The Balaban J connectivity index is 1.00. The number of amides is 3. The lowest BCUT2D eigenvalue weighted by Gasteiger charge is -2.37. The molecule has 3 amide bonds. The monoisotopic (exact) mass is 576 g/mol. The number of carbonyl (C=O) groups is 3. The van der Waals surface area contributed by atoms with E-state index < -0.39 is 23.8 Å². The van der Waals surface area contributed by atoms with Crippen molar-refractivity contribution in [2.75, 3.05) is 49.1 Å². The fourth-order valence-corrected chi connectivity index (χ4v) is 5.46. The Labute approximate surface area is 249 Å². The van der Waals surface area contributed by atoms with Crippen molar-refractivity contribution >= 4 is 29.1 Å². The Morgan fingerprint density at radius 3 is 2.19 bits per heavy atom. The zero-order chi connectivity index (χ0) is 29.8. The van der Waals surface area contributed by atoms with Crippen LogP contribution < -0.4 is 19.9 Å². The maximum atomic E-state index is 13.0. The second-order valence-corrected chi connectivity index (χ2v) is 10.6. The highest BCUT2D eigenvalue weighted by atomic mass is 16.5. The van der Waals surface area contributed by atoms with E-state index in [2.05, 4.69) is 21.2 Å². The number of hydrogen-bond donors (Lipinski definition) is 2. The van der Waals surface area contributed by atoms with E-state index in [1.54, 1.807) is 30.3 Å². The zero-order valence-corrected chi connectivity index (χ0v) is 23.6. The third-order valence-electron chi connectivity index (χ3n) is 7.68. The summed E-state index contributed by atoms with van der Waals surface area (Å²) < 4.78 is 6.13. The predicted octanol–water partition coefficient (Wildman–Crippen LogP) is 4.19. The molecule has 1 saturated heterocycles. The van der Waals surface area contributed by atoms with Crippen LogP contribution in [0.25, 0.3) is 0 Å². The lowest BCUT2D eigenvalue weighted by molar-refractivity contribution is 0.0851. The summed E-state index contributed by atoms with van der Waals surface area (Å²) in [4.78, 5) is 44.3. The molecule has 4 aromatic rings. The van der Waals surface area contributed by atoms with Gasteiger partial charge in [0.05, 0.1) is 28.6 Å². The van der Waals surface area contributed by atoms with E-state index in [4.69, 9.17) is 4.74 Å². The standard InChI is InChI=1S/C34H32N4O5/c39-26(23-36-17-19-37(20-18-36)30-13-7-8-14-31(30)43-27-11-5-2-6-12-27)22-35-32(40)24-15-16-28-29(21-24)34(42)38(33(28)41)25-9-3-1-4-10-25/h1-16,21,26,39H,17-20,22-23H2,(H,35,40)/t26-/m0/s1. The number of anilines is 2. The van der Waals surface area contributed by atoms with Gasteiger partial charge in [0.2, 0.25) is 0 Å². The molecule has 1 atom stereocenters. The van der Waals surface area contributed by atoms with Crippen LogP contribution in [0.5, 0.6) is 11.5 Å². The van der Waals surface area contributed by atoms with Gasteiger partial charge in [0, 0.05) is 44.8 Å². The van der Waals surface area contributed by atoms with Crippen LogP contribution in [0.2, 0.25) is 0 Å². The highest BCUT2D eigenvalue weighted by Gasteiger charge is 2.37. The zero-order valence-electron chi connectivity index (χ0n) is 23.6. The molecule has 0 aromatic heterocycles. The third-order valence-corrected chi connectivity index (χ3v) is 7.68. The fourth-order valence-electron chi connectivity index (χ4n) is 5.46. The Hall–Kier alpha value is -4.99. The van der Waals surface area contributed by atoms with Gasteiger partial charge in [0.1, 0.15) is 5.75 Å². The highest BCUT2D eigenvalue weighted by Crippen LogP contribution is 2.33. The summed E-state index contributed by atoms with van der Waals surface area (Å²) in [5.74, 6) is 0.290. The maximum absolute atomic E-state index is 13.0. The van der Waals surface area contributed by atoms with E-state index in [1.165, 1.54) is 18.2 Å². The van der Waals surface area contributed by atoms with Gasteiger partial charge in [0.15, 0.2) is 5.75 Å². The summed E-state index contributed by atoms with van der Waals surface area (Å²) in [6, 6.07) is 30.9. The van der Waals surface area contributed by atoms with Crippen LogP contribution in [0.15, 0.2) is 103 Å². The predicted molar refractivity (Wildman–Crippen MR) is 164 cm³/mol. The van der Waals surface area contributed by atoms with E-state index in [-0.39, 0.29) is 23.2 Å². The Bertz CT molecular complexity index is 1620. The van der Waals surface area contributed by atoms with Gasteiger partial charge < -0.3 is 20.1 Å². The maximum Gasteiger partial charge on any atom is 0.266 e.